The number of hydrogen-bond donors (Lipinski definition) is 1. The van der Waals surface area contributed by atoms with Crippen molar-refractivity contribution in [1.82, 2.24) is 0 Å². The summed E-state index contributed by atoms with van der Waals surface area (Å²) >= 11 is 0. The van der Waals surface area contributed by atoms with E-state index in [0.29, 0.717) is 19.1 Å². The highest BCUT2D eigenvalue weighted by Crippen LogP contribution is 2.39. The SMILES string of the molecule is CCCC(CC)(CC(O)COc1ccc(C(C)(C)c2ccc(OC(CC)(CCC)CC3CO3)cc2)cc1)Oc1ccc(C(C)(C)c2ccc(OCC3CO3)cc2)cc1. The topological polar surface area (TPSA) is 82.2 Å². The molecule has 2 aliphatic rings. The largest absolute Gasteiger partial charge is 0.491 e. The summed E-state index contributed by atoms with van der Waals surface area (Å²) in [6.45, 7) is 20.1. The van der Waals surface area contributed by atoms with Gasteiger partial charge in [0.2, 0.25) is 0 Å². The number of aliphatic hydroxyl groups is 1. The van der Waals surface area contributed by atoms with Crippen LogP contribution in [0.15, 0.2) is 97.1 Å². The second-order valence-corrected chi connectivity index (χ2v) is 17.7. The van der Waals surface area contributed by atoms with Crippen LogP contribution in [-0.2, 0) is 20.3 Å². The van der Waals surface area contributed by atoms with Gasteiger partial charge in [0.25, 0.3) is 0 Å². The minimum absolute atomic E-state index is 0.182. The molecule has 0 bridgehead atoms. The summed E-state index contributed by atoms with van der Waals surface area (Å²) < 4.78 is 36.3. The average molecular weight is 793 g/mol. The van der Waals surface area contributed by atoms with Crippen LogP contribution in [-0.4, -0.2) is 61.0 Å². The van der Waals surface area contributed by atoms with Crippen LogP contribution in [0.25, 0.3) is 0 Å². The molecule has 2 saturated heterocycles. The lowest BCUT2D eigenvalue weighted by molar-refractivity contribution is -0.0132. The number of ether oxygens (including phenoxy) is 6. The van der Waals surface area contributed by atoms with E-state index in [9.17, 15) is 5.11 Å². The number of epoxide rings is 2. The molecule has 0 saturated carbocycles. The van der Waals surface area contributed by atoms with Crippen molar-refractivity contribution in [1.29, 1.82) is 0 Å². The Labute approximate surface area is 348 Å². The van der Waals surface area contributed by atoms with Crippen molar-refractivity contribution < 1.29 is 33.5 Å². The summed E-state index contributed by atoms with van der Waals surface area (Å²) in [5, 5.41) is 11.3. The molecule has 0 spiro atoms. The molecule has 5 unspecified atom stereocenters. The maximum atomic E-state index is 11.3. The van der Waals surface area contributed by atoms with E-state index in [4.69, 9.17) is 28.4 Å². The average Bonchev–Trinajstić information content (AvgIpc) is 4.18. The highest BCUT2D eigenvalue weighted by atomic mass is 16.6. The Bertz CT molecular complexity index is 1840. The summed E-state index contributed by atoms with van der Waals surface area (Å²) in [5.41, 5.74) is 3.70. The Morgan fingerprint density at radius 1 is 0.552 bits per heavy atom. The summed E-state index contributed by atoms with van der Waals surface area (Å²) in [5.74, 6) is 3.32. The van der Waals surface area contributed by atoms with Crippen molar-refractivity contribution in [3.05, 3.63) is 119 Å². The minimum atomic E-state index is -0.689. The molecule has 0 radical (unpaired) electrons. The Morgan fingerprint density at radius 3 is 1.33 bits per heavy atom. The molecule has 5 atom stereocenters. The molecule has 0 amide bonds. The Morgan fingerprint density at radius 2 is 0.931 bits per heavy atom. The first-order valence-electron chi connectivity index (χ1n) is 21.8. The molecular weight excluding hydrogens is 725 g/mol. The molecule has 58 heavy (non-hydrogen) atoms. The summed E-state index contributed by atoms with van der Waals surface area (Å²) in [6.07, 6.45) is 6.92. The van der Waals surface area contributed by atoms with Gasteiger partial charge in [0.15, 0.2) is 0 Å². The first-order valence-corrected chi connectivity index (χ1v) is 21.8. The molecular formula is C51H68O7. The first kappa shape index (κ1) is 43.5. The van der Waals surface area contributed by atoms with E-state index in [1.165, 1.54) is 22.3 Å². The quantitative estimate of drug-likeness (QED) is 0.0708. The Kier molecular flexibility index (Phi) is 14.2. The van der Waals surface area contributed by atoms with E-state index in [1.54, 1.807) is 0 Å². The van der Waals surface area contributed by atoms with Crippen LogP contribution in [0.3, 0.4) is 0 Å². The number of aliphatic hydroxyl groups excluding tert-OH is 1. The maximum absolute atomic E-state index is 11.3. The van der Waals surface area contributed by atoms with Gasteiger partial charge in [-0.15, -0.1) is 0 Å². The van der Waals surface area contributed by atoms with Crippen molar-refractivity contribution in [3.63, 3.8) is 0 Å². The van der Waals surface area contributed by atoms with Crippen LogP contribution in [0.5, 0.6) is 23.0 Å². The number of benzene rings is 4. The van der Waals surface area contributed by atoms with E-state index in [2.05, 4.69) is 128 Å². The predicted molar refractivity (Wildman–Crippen MR) is 233 cm³/mol. The van der Waals surface area contributed by atoms with Gasteiger partial charge in [-0.1, -0.05) is 117 Å². The molecule has 1 N–H and O–H groups in total. The smallest absolute Gasteiger partial charge is 0.120 e. The molecule has 7 nitrogen and oxygen atoms in total. The molecule has 6 rings (SSSR count). The molecule has 0 aromatic heterocycles. The van der Waals surface area contributed by atoms with Gasteiger partial charge in [0, 0.05) is 23.7 Å². The molecule has 2 aliphatic heterocycles. The zero-order chi connectivity index (χ0) is 41.4. The van der Waals surface area contributed by atoms with Crippen LogP contribution in [0.1, 0.15) is 129 Å². The van der Waals surface area contributed by atoms with Gasteiger partial charge in [-0.05, 0) is 96.5 Å². The third kappa shape index (κ3) is 11.2. The lowest BCUT2D eigenvalue weighted by Gasteiger charge is -2.35. The Hall–Kier alpha value is -4.04. The van der Waals surface area contributed by atoms with Gasteiger partial charge in [-0.25, -0.2) is 0 Å². The standard InChI is InChI=1S/C51H68O7/c1-9-29-50(11-3,57-44-25-17-39(18-26-44)49(7,8)38-15-23-43(24-16-38)54-35-47-36-56-47)31-41(52)33-53-42-21-13-37(14-22-42)48(5,6)40-19-27-45(28-20-40)58-51(12-4,30-10-2)32-46-34-55-46/h13-28,41,46-47,52H,9-12,29-36H2,1-8H3. The second-order valence-electron chi connectivity index (χ2n) is 17.7. The normalized spacial score (nSPS) is 19.1. The lowest BCUT2D eigenvalue weighted by atomic mass is 9.78. The van der Waals surface area contributed by atoms with Gasteiger partial charge in [0.1, 0.15) is 53.5 Å². The lowest BCUT2D eigenvalue weighted by Crippen LogP contribution is -2.40. The second kappa shape index (κ2) is 18.9. The van der Waals surface area contributed by atoms with E-state index >= 15 is 0 Å². The summed E-state index contributed by atoms with van der Waals surface area (Å²) in [6, 6.07) is 33.7. The van der Waals surface area contributed by atoms with Crippen LogP contribution in [0.4, 0.5) is 0 Å². The summed E-state index contributed by atoms with van der Waals surface area (Å²) in [4.78, 5) is 0. The van der Waals surface area contributed by atoms with Gasteiger partial charge in [-0.3, -0.25) is 0 Å². The van der Waals surface area contributed by atoms with E-state index in [0.717, 1.165) is 81.2 Å². The highest BCUT2D eigenvalue weighted by Gasteiger charge is 2.38. The fraction of sp³-hybridized carbons (Fsp3) is 0.529. The molecule has 4 aromatic carbocycles. The fourth-order valence-electron chi connectivity index (χ4n) is 8.37. The maximum Gasteiger partial charge on any atom is 0.120 e. The van der Waals surface area contributed by atoms with Crippen molar-refractivity contribution in [2.45, 2.75) is 147 Å². The first-order chi connectivity index (χ1) is 27.8. The van der Waals surface area contributed by atoms with E-state index in [-0.39, 0.29) is 29.1 Å². The molecule has 2 fully saturated rings. The molecule has 2 heterocycles. The Balaban J connectivity index is 1.03. The van der Waals surface area contributed by atoms with Crippen LogP contribution >= 0.6 is 0 Å². The molecule has 7 heteroatoms. The van der Waals surface area contributed by atoms with Gasteiger partial charge in [-0.2, -0.15) is 0 Å². The number of hydrogen-bond acceptors (Lipinski definition) is 7. The molecule has 4 aromatic rings. The zero-order valence-electron chi connectivity index (χ0n) is 36.4. The predicted octanol–water partition coefficient (Wildman–Crippen LogP) is 11.4. The minimum Gasteiger partial charge on any atom is -0.491 e. The van der Waals surface area contributed by atoms with Crippen molar-refractivity contribution in [3.8, 4) is 23.0 Å². The van der Waals surface area contributed by atoms with Gasteiger partial charge < -0.3 is 33.5 Å². The van der Waals surface area contributed by atoms with Gasteiger partial charge >= 0.3 is 0 Å². The van der Waals surface area contributed by atoms with Crippen LogP contribution < -0.4 is 18.9 Å². The van der Waals surface area contributed by atoms with Crippen LogP contribution in [0, 0.1) is 0 Å². The third-order valence-electron chi connectivity index (χ3n) is 12.6. The summed E-state index contributed by atoms with van der Waals surface area (Å²) in [7, 11) is 0. The van der Waals surface area contributed by atoms with E-state index < -0.39 is 11.7 Å². The molecule has 314 valence electrons. The highest BCUT2D eigenvalue weighted by molar-refractivity contribution is 5.43. The van der Waals surface area contributed by atoms with E-state index in [1.807, 2.05) is 24.3 Å². The van der Waals surface area contributed by atoms with Crippen molar-refractivity contribution in [2.24, 2.45) is 0 Å². The third-order valence-corrected chi connectivity index (χ3v) is 12.6. The number of rotatable bonds is 24. The van der Waals surface area contributed by atoms with Crippen molar-refractivity contribution in [2.75, 3.05) is 26.4 Å². The van der Waals surface area contributed by atoms with Crippen molar-refractivity contribution >= 4 is 0 Å². The fourth-order valence-corrected chi connectivity index (χ4v) is 8.37. The van der Waals surface area contributed by atoms with Crippen LogP contribution in [0.2, 0.25) is 0 Å². The monoisotopic (exact) mass is 792 g/mol. The molecule has 0 aliphatic carbocycles. The zero-order valence-corrected chi connectivity index (χ0v) is 36.4. The van der Waals surface area contributed by atoms with Gasteiger partial charge in [0.05, 0.1) is 25.4 Å².